The molecule has 1 atom stereocenters. The summed E-state index contributed by atoms with van der Waals surface area (Å²) in [5.41, 5.74) is 0. The van der Waals surface area contributed by atoms with Crippen molar-refractivity contribution in [2.45, 2.75) is 49.4 Å². The summed E-state index contributed by atoms with van der Waals surface area (Å²) in [5, 5.41) is 0. The first-order valence-corrected chi connectivity index (χ1v) is 5.76. The number of hydrogen-bond donors (Lipinski definition) is 0. The molecule has 0 aromatic heterocycles. The van der Waals surface area contributed by atoms with E-state index in [1.54, 1.807) is 0 Å². The van der Waals surface area contributed by atoms with Crippen LogP contribution in [-0.4, -0.2) is 9.20 Å². The molecule has 12 heavy (non-hydrogen) atoms. The fourth-order valence-electron chi connectivity index (χ4n) is 1.97. The lowest BCUT2D eigenvalue weighted by molar-refractivity contribution is -0.121. The van der Waals surface area contributed by atoms with Crippen molar-refractivity contribution in [1.29, 1.82) is 0 Å². The molecule has 1 rings (SSSR count). The Labute approximate surface area is 88.4 Å². The number of rotatable bonds is 2. The zero-order chi connectivity index (χ0) is 9.19. The van der Waals surface area contributed by atoms with Gasteiger partial charge in [0.25, 0.3) is 0 Å². The van der Waals surface area contributed by atoms with Crippen LogP contribution in [0.4, 0.5) is 0 Å². The van der Waals surface area contributed by atoms with Crippen LogP contribution in [0.3, 0.4) is 0 Å². The molecule has 0 saturated heterocycles. The van der Waals surface area contributed by atoms with Gasteiger partial charge in [-0.3, -0.25) is 4.79 Å². The lowest BCUT2D eigenvalue weighted by Gasteiger charge is -2.26. The van der Waals surface area contributed by atoms with Crippen molar-refractivity contribution in [3.8, 4) is 0 Å². The van der Waals surface area contributed by atoms with E-state index in [0.717, 1.165) is 19.3 Å². The number of carbonyl (C=O) groups excluding carboxylic acids is 1. The molecule has 70 valence electrons. The van der Waals surface area contributed by atoms with Gasteiger partial charge in [0.2, 0.25) is 0 Å². The Morgan fingerprint density at radius 3 is 2.75 bits per heavy atom. The van der Waals surface area contributed by atoms with Gasteiger partial charge >= 0.3 is 0 Å². The van der Waals surface area contributed by atoms with E-state index in [-0.39, 0.29) is 0 Å². The van der Waals surface area contributed by atoms with Crippen molar-refractivity contribution in [2.75, 3.05) is 0 Å². The molecule has 0 amide bonds. The minimum absolute atomic E-state index is 0.361. The molecule has 1 saturated carbocycles. The average Bonchev–Trinajstić information content (AvgIpc) is 1.82. The van der Waals surface area contributed by atoms with Crippen LogP contribution in [0, 0.1) is 5.92 Å². The number of ketones is 1. The molecule has 0 radical (unpaired) electrons. The monoisotopic (exact) mass is 280 g/mol. The predicted octanol–water partition coefficient (Wildman–Crippen LogP) is 3.35. The van der Waals surface area contributed by atoms with Crippen molar-refractivity contribution in [3.05, 3.63) is 0 Å². The quantitative estimate of drug-likeness (QED) is 0.560. The highest BCUT2D eigenvalue weighted by Crippen LogP contribution is 2.33. The first-order chi connectivity index (χ1) is 5.47. The minimum atomic E-state index is 0.361. The SMILES string of the molecule is CC(C)(I)CC1CCCC(=O)C1. The lowest BCUT2D eigenvalue weighted by atomic mass is 9.83. The Bertz CT molecular complexity index is 169. The summed E-state index contributed by atoms with van der Waals surface area (Å²) in [6, 6.07) is 0. The Balaban J connectivity index is 2.37. The van der Waals surface area contributed by atoms with Crippen LogP contribution in [0.5, 0.6) is 0 Å². The van der Waals surface area contributed by atoms with Gasteiger partial charge < -0.3 is 0 Å². The molecule has 0 N–H and O–H groups in total. The van der Waals surface area contributed by atoms with E-state index in [0.29, 0.717) is 15.1 Å². The van der Waals surface area contributed by atoms with Gasteiger partial charge in [-0.1, -0.05) is 36.4 Å². The van der Waals surface area contributed by atoms with Gasteiger partial charge in [-0.05, 0) is 25.2 Å². The van der Waals surface area contributed by atoms with Crippen LogP contribution in [-0.2, 0) is 4.79 Å². The van der Waals surface area contributed by atoms with Crippen molar-refractivity contribution in [1.82, 2.24) is 0 Å². The smallest absolute Gasteiger partial charge is 0.133 e. The highest BCUT2D eigenvalue weighted by Gasteiger charge is 2.24. The molecule has 0 heterocycles. The normalized spacial score (nSPS) is 25.9. The predicted molar refractivity (Wildman–Crippen MR) is 59.7 cm³/mol. The maximum atomic E-state index is 11.2. The number of Topliss-reactive ketones (excluding diaryl/α,β-unsaturated/α-hetero) is 1. The molecule has 1 aliphatic carbocycles. The van der Waals surface area contributed by atoms with Gasteiger partial charge in [0, 0.05) is 16.3 Å². The van der Waals surface area contributed by atoms with Crippen LogP contribution in [0.25, 0.3) is 0 Å². The molecule has 1 nitrogen and oxygen atoms in total. The average molecular weight is 280 g/mol. The Hall–Kier alpha value is 0.400. The highest BCUT2D eigenvalue weighted by molar-refractivity contribution is 14.1. The van der Waals surface area contributed by atoms with E-state index in [4.69, 9.17) is 0 Å². The zero-order valence-corrected chi connectivity index (χ0v) is 10.1. The molecule has 0 aliphatic heterocycles. The molecular weight excluding hydrogens is 263 g/mol. The first-order valence-electron chi connectivity index (χ1n) is 4.68. The second kappa shape index (κ2) is 4.07. The van der Waals surface area contributed by atoms with Crippen molar-refractivity contribution in [3.63, 3.8) is 0 Å². The molecule has 0 aromatic carbocycles. The van der Waals surface area contributed by atoms with Gasteiger partial charge in [-0.25, -0.2) is 0 Å². The largest absolute Gasteiger partial charge is 0.300 e. The number of carbonyl (C=O) groups is 1. The lowest BCUT2D eigenvalue weighted by Crippen LogP contribution is -2.22. The van der Waals surface area contributed by atoms with Crippen molar-refractivity contribution in [2.24, 2.45) is 5.92 Å². The molecule has 0 bridgehead atoms. The fraction of sp³-hybridized carbons (Fsp3) is 0.900. The summed E-state index contributed by atoms with van der Waals surface area (Å²) < 4.78 is 0.361. The van der Waals surface area contributed by atoms with Crippen LogP contribution in [0.15, 0.2) is 0 Å². The Kier molecular flexibility index (Phi) is 3.56. The zero-order valence-electron chi connectivity index (χ0n) is 7.90. The number of halogens is 1. The third-order valence-corrected chi connectivity index (χ3v) is 2.80. The van der Waals surface area contributed by atoms with E-state index < -0.39 is 0 Å². The molecule has 0 aromatic rings. The van der Waals surface area contributed by atoms with Crippen molar-refractivity contribution < 1.29 is 4.79 Å². The molecule has 2 heteroatoms. The molecule has 1 aliphatic rings. The summed E-state index contributed by atoms with van der Waals surface area (Å²) in [6.07, 6.45) is 5.25. The van der Waals surface area contributed by atoms with Crippen LogP contribution >= 0.6 is 22.6 Å². The topological polar surface area (TPSA) is 17.1 Å². The van der Waals surface area contributed by atoms with Gasteiger partial charge in [0.1, 0.15) is 5.78 Å². The maximum Gasteiger partial charge on any atom is 0.133 e. The van der Waals surface area contributed by atoms with Gasteiger partial charge in [0.15, 0.2) is 0 Å². The summed E-state index contributed by atoms with van der Waals surface area (Å²) in [4.78, 5) is 11.2. The fourth-order valence-corrected chi connectivity index (χ4v) is 2.60. The summed E-state index contributed by atoms with van der Waals surface area (Å²) in [5.74, 6) is 1.14. The minimum Gasteiger partial charge on any atom is -0.300 e. The van der Waals surface area contributed by atoms with E-state index >= 15 is 0 Å². The highest BCUT2D eigenvalue weighted by atomic mass is 127. The standard InChI is InChI=1S/C10H17IO/c1-10(2,11)7-8-4-3-5-9(12)6-8/h8H,3-7H2,1-2H3. The summed E-state index contributed by atoms with van der Waals surface area (Å²) in [7, 11) is 0. The first kappa shape index (κ1) is 10.5. The number of hydrogen-bond acceptors (Lipinski definition) is 1. The van der Waals surface area contributed by atoms with Crippen molar-refractivity contribution >= 4 is 28.4 Å². The van der Waals surface area contributed by atoms with Crippen LogP contribution in [0.2, 0.25) is 0 Å². The second-order valence-corrected chi connectivity index (χ2v) is 7.34. The molecular formula is C10H17IO. The molecule has 1 unspecified atom stereocenters. The van der Waals surface area contributed by atoms with Gasteiger partial charge in [0.05, 0.1) is 0 Å². The molecule has 0 spiro atoms. The van der Waals surface area contributed by atoms with E-state index in [2.05, 4.69) is 36.4 Å². The van der Waals surface area contributed by atoms with E-state index in [1.165, 1.54) is 12.8 Å². The van der Waals surface area contributed by atoms with Gasteiger partial charge in [-0.2, -0.15) is 0 Å². The summed E-state index contributed by atoms with van der Waals surface area (Å²) in [6.45, 7) is 4.49. The Morgan fingerprint density at radius 1 is 1.58 bits per heavy atom. The third-order valence-electron chi connectivity index (χ3n) is 2.36. The number of alkyl halides is 1. The molecule has 1 fully saturated rings. The van der Waals surface area contributed by atoms with E-state index in [1.807, 2.05) is 0 Å². The third kappa shape index (κ3) is 3.87. The van der Waals surface area contributed by atoms with E-state index in [9.17, 15) is 4.79 Å². The van der Waals surface area contributed by atoms with Crippen LogP contribution in [0.1, 0.15) is 46.0 Å². The maximum absolute atomic E-state index is 11.2. The second-order valence-electron chi connectivity index (χ2n) is 4.42. The van der Waals surface area contributed by atoms with Crippen LogP contribution < -0.4 is 0 Å². The van der Waals surface area contributed by atoms with Gasteiger partial charge in [-0.15, -0.1) is 0 Å². The Morgan fingerprint density at radius 2 is 2.25 bits per heavy atom. The summed E-state index contributed by atoms with van der Waals surface area (Å²) >= 11 is 2.47.